The van der Waals surface area contributed by atoms with Crippen molar-refractivity contribution in [3.05, 3.63) is 0 Å². The molecule has 2 atom stereocenters. The van der Waals surface area contributed by atoms with Gasteiger partial charge in [-0.1, -0.05) is 0 Å². The molecule has 1 saturated heterocycles. The second-order valence-electron chi connectivity index (χ2n) is 4.81. The molecule has 2 fully saturated rings. The van der Waals surface area contributed by atoms with Gasteiger partial charge in [0.1, 0.15) is 0 Å². The molecule has 0 radical (unpaired) electrons. The molecule has 88 valence electrons. The smallest absolute Gasteiger partial charge is 0.0869 e. The quantitative estimate of drug-likeness (QED) is 0.712. The molecule has 1 saturated carbocycles. The number of hydrogen-bond acceptors (Lipinski definition) is 4. The summed E-state index contributed by atoms with van der Waals surface area (Å²) in [5.41, 5.74) is -0.467. The summed E-state index contributed by atoms with van der Waals surface area (Å²) >= 11 is 1.85. The van der Waals surface area contributed by atoms with Crippen molar-refractivity contribution in [3.63, 3.8) is 0 Å². The Balaban J connectivity index is 1.74. The van der Waals surface area contributed by atoms with Gasteiger partial charge >= 0.3 is 0 Å². The number of thioether (sulfide) groups is 1. The number of ether oxygens (including phenoxy) is 1. The van der Waals surface area contributed by atoms with E-state index in [0.29, 0.717) is 6.04 Å². The summed E-state index contributed by atoms with van der Waals surface area (Å²) < 4.78 is 5.20. The van der Waals surface area contributed by atoms with E-state index in [1.165, 1.54) is 12.8 Å². The standard InChI is InChI=1S/C11H21NO2S/c1-14-6-10(9-2-3-9)12-7-11(13)4-5-15-8-11/h9-10,12-13H,2-8H2,1H3. The van der Waals surface area contributed by atoms with Crippen molar-refractivity contribution >= 4 is 11.8 Å². The molecule has 2 aliphatic rings. The zero-order valence-electron chi connectivity index (χ0n) is 9.37. The van der Waals surface area contributed by atoms with Gasteiger partial charge in [-0.15, -0.1) is 0 Å². The minimum absolute atomic E-state index is 0.449. The average Bonchev–Trinajstić information content (AvgIpc) is 2.97. The summed E-state index contributed by atoms with van der Waals surface area (Å²) in [7, 11) is 1.75. The van der Waals surface area contributed by atoms with Crippen molar-refractivity contribution in [2.45, 2.75) is 30.9 Å². The number of rotatable bonds is 6. The fraction of sp³-hybridized carbons (Fsp3) is 1.00. The van der Waals surface area contributed by atoms with Crippen molar-refractivity contribution in [3.8, 4) is 0 Å². The van der Waals surface area contributed by atoms with E-state index in [9.17, 15) is 5.11 Å². The fourth-order valence-electron chi connectivity index (χ4n) is 2.10. The summed E-state index contributed by atoms with van der Waals surface area (Å²) in [6, 6.07) is 0.449. The average molecular weight is 231 g/mol. The lowest BCUT2D eigenvalue weighted by Gasteiger charge is -2.26. The van der Waals surface area contributed by atoms with Crippen LogP contribution in [0.15, 0.2) is 0 Å². The fourth-order valence-corrected chi connectivity index (χ4v) is 3.39. The third kappa shape index (κ3) is 3.34. The first kappa shape index (κ1) is 11.7. The lowest BCUT2D eigenvalue weighted by atomic mass is 10.0. The summed E-state index contributed by atoms with van der Waals surface area (Å²) in [5, 5.41) is 13.7. The van der Waals surface area contributed by atoms with Crippen molar-refractivity contribution in [1.29, 1.82) is 0 Å². The Morgan fingerprint density at radius 2 is 2.40 bits per heavy atom. The van der Waals surface area contributed by atoms with Crippen LogP contribution in [0.3, 0.4) is 0 Å². The SMILES string of the molecule is COCC(NCC1(O)CCSC1)C1CC1. The number of aliphatic hydroxyl groups is 1. The van der Waals surface area contributed by atoms with Gasteiger partial charge in [-0.2, -0.15) is 11.8 Å². The van der Waals surface area contributed by atoms with Crippen LogP contribution in [0, 0.1) is 5.92 Å². The molecule has 4 heteroatoms. The van der Waals surface area contributed by atoms with E-state index >= 15 is 0 Å². The van der Waals surface area contributed by atoms with Crippen LogP contribution in [-0.4, -0.2) is 48.5 Å². The first-order chi connectivity index (χ1) is 7.23. The molecule has 0 spiro atoms. The third-order valence-corrected chi connectivity index (χ3v) is 4.55. The first-order valence-corrected chi connectivity index (χ1v) is 6.91. The zero-order valence-corrected chi connectivity index (χ0v) is 10.2. The molecule has 3 nitrogen and oxygen atoms in total. The second kappa shape index (κ2) is 5.04. The minimum Gasteiger partial charge on any atom is -0.388 e. The van der Waals surface area contributed by atoms with Gasteiger partial charge < -0.3 is 15.2 Å². The van der Waals surface area contributed by atoms with Crippen LogP contribution in [0.5, 0.6) is 0 Å². The highest BCUT2D eigenvalue weighted by atomic mass is 32.2. The van der Waals surface area contributed by atoms with E-state index in [0.717, 1.165) is 37.0 Å². The van der Waals surface area contributed by atoms with Crippen molar-refractivity contribution in [2.75, 3.05) is 31.8 Å². The van der Waals surface area contributed by atoms with E-state index < -0.39 is 5.60 Å². The molecule has 2 rings (SSSR count). The van der Waals surface area contributed by atoms with Gasteiger partial charge in [0.2, 0.25) is 0 Å². The van der Waals surface area contributed by atoms with Gasteiger partial charge in [0.05, 0.1) is 12.2 Å². The normalized spacial score (nSPS) is 33.2. The molecular formula is C11H21NO2S. The minimum atomic E-state index is -0.467. The van der Waals surface area contributed by atoms with Gasteiger partial charge in [0.25, 0.3) is 0 Å². The highest BCUT2D eigenvalue weighted by Gasteiger charge is 2.35. The topological polar surface area (TPSA) is 41.5 Å². The van der Waals surface area contributed by atoms with Crippen LogP contribution in [-0.2, 0) is 4.74 Å². The highest BCUT2D eigenvalue weighted by molar-refractivity contribution is 7.99. The molecule has 0 bridgehead atoms. The lowest BCUT2D eigenvalue weighted by Crippen LogP contribution is -2.46. The molecule has 0 amide bonds. The van der Waals surface area contributed by atoms with Gasteiger partial charge in [-0.25, -0.2) is 0 Å². The molecule has 2 N–H and O–H groups in total. The number of nitrogens with one attached hydrogen (secondary N) is 1. The van der Waals surface area contributed by atoms with E-state index in [2.05, 4.69) is 5.32 Å². The van der Waals surface area contributed by atoms with Crippen molar-refractivity contribution < 1.29 is 9.84 Å². The maximum absolute atomic E-state index is 10.2. The van der Waals surface area contributed by atoms with Gasteiger partial charge in [0.15, 0.2) is 0 Å². The molecule has 0 aromatic rings. The van der Waals surface area contributed by atoms with Crippen LogP contribution in [0.4, 0.5) is 0 Å². The largest absolute Gasteiger partial charge is 0.388 e. The Labute approximate surface area is 96.0 Å². The first-order valence-electron chi connectivity index (χ1n) is 5.76. The monoisotopic (exact) mass is 231 g/mol. The number of hydrogen-bond donors (Lipinski definition) is 2. The predicted octanol–water partition coefficient (Wildman–Crippen LogP) is 0.869. The van der Waals surface area contributed by atoms with Crippen LogP contribution in [0.25, 0.3) is 0 Å². The Morgan fingerprint density at radius 1 is 1.60 bits per heavy atom. The Bertz CT molecular complexity index is 203. The van der Waals surface area contributed by atoms with Crippen LogP contribution < -0.4 is 5.32 Å². The van der Waals surface area contributed by atoms with Crippen molar-refractivity contribution in [2.24, 2.45) is 5.92 Å². The van der Waals surface area contributed by atoms with Gasteiger partial charge in [0, 0.05) is 25.4 Å². The van der Waals surface area contributed by atoms with E-state index in [1.807, 2.05) is 11.8 Å². The van der Waals surface area contributed by atoms with E-state index in [-0.39, 0.29) is 0 Å². The van der Waals surface area contributed by atoms with Crippen molar-refractivity contribution in [1.82, 2.24) is 5.32 Å². The molecule has 0 aromatic carbocycles. The third-order valence-electron chi connectivity index (χ3n) is 3.31. The molecular weight excluding hydrogens is 210 g/mol. The second-order valence-corrected chi connectivity index (χ2v) is 5.91. The summed E-state index contributed by atoms with van der Waals surface area (Å²) in [4.78, 5) is 0. The Hall–Kier alpha value is 0.230. The molecule has 1 heterocycles. The highest BCUT2D eigenvalue weighted by Crippen LogP contribution is 2.33. The van der Waals surface area contributed by atoms with E-state index in [1.54, 1.807) is 7.11 Å². The maximum Gasteiger partial charge on any atom is 0.0869 e. The Kier molecular flexibility index (Phi) is 3.93. The van der Waals surface area contributed by atoms with Gasteiger partial charge in [-0.3, -0.25) is 0 Å². The van der Waals surface area contributed by atoms with Gasteiger partial charge in [-0.05, 0) is 30.9 Å². The maximum atomic E-state index is 10.2. The van der Waals surface area contributed by atoms with Crippen LogP contribution in [0.2, 0.25) is 0 Å². The van der Waals surface area contributed by atoms with Crippen LogP contribution in [0.1, 0.15) is 19.3 Å². The lowest BCUT2D eigenvalue weighted by molar-refractivity contribution is 0.0573. The molecule has 0 aromatic heterocycles. The molecule has 1 aliphatic carbocycles. The zero-order chi connectivity index (χ0) is 10.7. The Morgan fingerprint density at radius 3 is 2.93 bits per heavy atom. The summed E-state index contributed by atoms with van der Waals surface area (Å²) in [6.07, 6.45) is 3.55. The van der Waals surface area contributed by atoms with E-state index in [4.69, 9.17) is 4.74 Å². The van der Waals surface area contributed by atoms with Crippen LogP contribution >= 0.6 is 11.8 Å². The molecule has 1 aliphatic heterocycles. The molecule has 15 heavy (non-hydrogen) atoms. The predicted molar refractivity (Wildman–Crippen MR) is 63.3 cm³/mol. The summed E-state index contributed by atoms with van der Waals surface area (Å²) in [6.45, 7) is 1.50. The molecule has 2 unspecified atom stereocenters. The number of methoxy groups -OCH3 is 1. The summed E-state index contributed by atoms with van der Waals surface area (Å²) in [5.74, 6) is 2.75.